The van der Waals surface area contributed by atoms with Crippen molar-refractivity contribution < 1.29 is 14.1 Å². The summed E-state index contributed by atoms with van der Waals surface area (Å²) in [6.45, 7) is 1.91. The van der Waals surface area contributed by atoms with Crippen molar-refractivity contribution in [3.05, 3.63) is 87.2 Å². The fourth-order valence-electron chi connectivity index (χ4n) is 4.57. The number of ether oxygens (including phenoxy) is 1. The molecule has 1 aliphatic carbocycles. The lowest BCUT2D eigenvalue weighted by molar-refractivity contribution is -0.116. The standard InChI is InChI=1S/C24H21ClN2O3/c1-13-21-22(15-5-9-18(29-2)10-6-15)23-19(26-24(21)30-27-13)11-16(12-20(23)28)14-3-7-17(25)8-4-14/h3-10,16,22,26H,11-12H2,1-2H3/t16-,22-/m0/s1. The molecule has 2 heterocycles. The van der Waals surface area contributed by atoms with Gasteiger partial charge in [0, 0.05) is 28.6 Å². The maximum atomic E-state index is 13.4. The monoisotopic (exact) mass is 420 g/mol. The number of carbonyl (C=O) groups is 1. The fraction of sp³-hybridized carbons (Fsp3) is 0.250. The normalized spacial score (nSPS) is 20.4. The average molecular weight is 421 g/mol. The molecule has 0 amide bonds. The molecule has 5 nitrogen and oxygen atoms in total. The number of anilines is 1. The number of benzene rings is 2. The molecular weight excluding hydrogens is 400 g/mol. The molecule has 0 radical (unpaired) electrons. The Bertz CT molecular complexity index is 1150. The number of hydrogen-bond donors (Lipinski definition) is 1. The molecular formula is C24H21ClN2O3. The predicted octanol–water partition coefficient (Wildman–Crippen LogP) is 5.60. The molecule has 5 rings (SSSR count). The Balaban J connectivity index is 1.59. The quantitative estimate of drug-likeness (QED) is 0.597. The van der Waals surface area contributed by atoms with Gasteiger partial charge in [-0.25, -0.2) is 0 Å². The number of aryl methyl sites for hydroxylation is 1. The number of nitrogens with one attached hydrogen (secondary N) is 1. The molecule has 30 heavy (non-hydrogen) atoms. The van der Waals surface area contributed by atoms with Gasteiger partial charge in [-0.2, -0.15) is 0 Å². The Morgan fingerprint density at radius 3 is 2.47 bits per heavy atom. The molecule has 2 aliphatic rings. The number of rotatable bonds is 3. The summed E-state index contributed by atoms with van der Waals surface area (Å²) in [5.74, 6) is 1.45. The summed E-state index contributed by atoms with van der Waals surface area (Å²) in [4.78, 5) is 13.4. The van der Waals surface area contributed by atoms with Crippen LogP contribution in [0.2, 0.25) is 5.02 Å². The van der Waals surface area contributed by atoms with E-state index in [2.05, 4.69) is 10.5 Å². The van der Waals surface area contributed by atoms with Gasteiger partial charge in [0.05, 0.1) is 18.4 Å². The highest BCUT2D eigenvalue weighted by Gasteiger charge is 2.41. The van der Waals surface area contributed by atoms with Crippen LogP contribution in [0.4, 0.5) is 5.88 Å². The van der Waals surface area contributed by atoms with E-state index in [-0.39, 0.29) is 17.6 Å². The maximum absolute atomic E-state index is 13.4. The summed E-state index contributed by atoms with van der Waals surface area (Å²) in [7, 11) is 1.64. The molecule has 152 valence electrons. The number of Topliss-reactive ketones (excluding diaryl/α,β-unsaturated/α-hetero) is 1. The van der Waals surface area contributed by atoms with Crippen molar-refractivity contribution >= 4 is 23.3 Å². The molecule has 0 spiro atoms. The Morgan fingerprint density at radius 2 is 1.77 bits per heavy atom. The lowest BCUT2D eigenvalue weighted by Crippen LogP contribution is -2.29. The van der Waals surface area contributed by atoms with E-state index >= 15 is 0 Å². The SMILES string of the molecule is COc1ccc([C@@H]2C3=C(C[C@H](c4ccc(Cl)cc4)CC3=O)Nc3onc(C)c32)cc1. The Kier molecular flexibility index (Phi) is 4.63. The Labute approximate surface area is 179 Å². The van der Waals surface area contributed by atoms with Gasteiger partial charge in [0.2, 0.25) is 5.88 Å². The zero-order valence-electron chi connectivity index (χ0n) is 16.7. The first kappa shape index (κ1) is 18.9. The summed E-state index contributed by atoms with van der Waals surface area (Å²) < 4.78 is 10.9. The van der Waals surface area contributed by atoms with Crippen molar-refractivity contribution in [1.29, 1.82) is 0 Å². The van der Waals surface area contributed by atoms with Gasteiger partial charge in [-0.1, -0.05) is 41.0 Å². The van der Waals surface area contributed by atoms with Crippen LogP contribution in [0.5, 0.6) is 5.75 Å². The van der Waals surface area contributed by atoms with Crippen molar-refractivity contribution in [1.82, 2.24) is 5.16 Å². The zero-order chi connectivity index (χ0) is 20.8. The van der Waals surface area contributed by atoms with Crippen LogP contribution in [0.15, 0.2) is 64.3 Å². The van der Waals surface area contributed by atoms with Crippen LogP contribution in [0, 0.1) is 6.92 Å². The molecule has 2 atom stereocenters. The second-order valence-electron chi connectivity index (χ2n) is 7.81. The van der Waals surface area contributed by atoms with Crippen LogP contribution in [0.25, 0.3) is 0 Å². The lowest BCUT2D eigenvalue weighted by atomic mass is 9.72. The van der Waals surface area contributed by atoms with Gasteiger partial charge in [0.1, 0.15) is 5.75 Å². The number of ketones is 1. The largest absolute Gasteiger partial charge is 0.497 e. The van der Waals surface area contributed by atoms with E-state index in [4.69, 9.17) is 20.9 Å². The minimum Gasteiger partial charge on any atom is -0.497 e. The van der Waals surface area contributed by atoms with Gasteiger partial charge in [-0.15, -0.1) is 0 Å². The molecule has 1 aromatic heterocycles. The van der Waals surface area contributed by atoms with Crippen LogP contribution in [0.3, 0.4) is 0 Å². The zero-order valence-corrected chi connectivity index (χ0v) is 17.5. The third-order valence-electron chi connectivity index (χ3n) is 6.05. The summed E-state index contributed by atoms with van der Waals surface area (Å²) >= 11 is 6.04. The molecule has 0 saturated heterocycles. The fourth-order valence-corrected chi connectivity index (χ4v) is 4.70. The summed E-state index contributed by atoms with van der Waals surface area (Å²) in [5, 5.41) is 8.22. The molecule has 2 aromatic carbocycles. The average Bonchev–Trinajstić information content (AvgIpc) is 3.13. The van der Waals surface area contributed by atoms with Crippen LogP contribution < -0.4 is 10.1 Å². The van der Waals surface area contributed by atoms with Crippen molar-refractivity contribution in [3.63, 3.8) is 0 Å². The van der Waals surface area contributed by atoms with Gasteiger partial charge in [0.25, 0.3) is 0 Å². The number of carbonyl (C=O) groups excluding carboxylic acids is 1. The van der Waals surface area contributed by atoms with E-state index in [1.807, 2.05) is 55.5 Å². The van der Waals surface area contributed by atoms with E-state index in [0.29, 0.717) is 17.3 Å². The first-order valence-electron chi connectivity index (χ1n) is 9.94. The van der Waals surface area contributed by atoms with Gasteiger partial charge in [0.15, 0.2) is 5.78 Å². The molecule has 0 bridgehead atoms. The first-order chi connectivity index (χ1) is 14.5. The van der Waals surface area contributed by atoms with Gasteiger partial charge < -0.3 is 14.6 Å². The predicted molar refractivity (Wildman–Crippen MR) is 115 cm³/mol. The number of aromatic nitrogens is 1. The third kappa shape index (κ3) is 3.10. The van der Waals surface area contributed by atoms with Crippen LogP contribution >= 0.6 is 11.6 Å². The Morgan fingerprint density at radius 1 is 1.07 bits per heavy atom. The van der Waals surface area contributed by atoms with Crippen molar-refractivity contribution in [2.75, 3.05) is 12.4 Å². The number of methoxy groups -OCH3 is 1. The molecule has 0 saturated carbocycles. The highest BCUT2D eigenvalue weighted by molar-refractivity contribution is 6.30. The van der Waals surface area contributed by atoms with Crippen LogP contribution in [-0.4, -0.2) is 18.0 Å². The summed E-state index contributed by atoms with van der Waals surface area (Å²) in [6.07, 6.45) is 1.20. The maximum Gasteiger partial charge on any atom is 0.233 e. The molecule has 0 fully saturated rings. The number of hydrogen-bond acceptors (Lipinski definition) is 5. The Hall–Kier alpha value is -3.05. The second-order valence-corrected chi connectivity index (χ2v) is 8.25. The van der Waals surface area contributed by atoms with E-state index in [9.17, 15) is 4.79 Å². The highest BCUT2D eigenvalue weighted by atomic mass is 35.5. The molecule has 0 unspecified atom stereocenters. The van der Waals surface area contributed by atoms with E-state index in [1.54, 1.807) is 7.11 Å². The van der Waals surface area contributed by atoms with Crippen LogP contribution in [0.1, 0.15) is 47.1 Å². The number of allylic oxidation sites excluding steroid dienone is 2. The molecule has 3 aromatic rings. The summed E-state index contributed by atoms with van der Waals surface area (Å²) in [5.41, 5.74) is 5.58. The number of fused-ring (bicyclic) bond motifs is 1. The minimum absolute atomic E-state index is 0.100. The lowest BCUT2D eigenvalue weighted by Gasteiger charge is -2.34. The minimum atomic E-state index is -0.202. The van der Waals surface area contributed by atoms with Crippen molar-refractivity contribution in [2.24, 2.45) is 0 Å². The van der Waals surface area contributed by atoms with Gasteiger partial charge >= 0.3 is 0 Å². The van der Waals surface area contributed by atoms with Crippen molar-refractivity contribution in [3.8, 4) is 5.75 Å². The summed E-state index contributed by atoms with van der Waals surface area (Å²) in [6, 6.07) is 15.6. The smallest absolute Gasteiger partial charge is 0.233 e. The van der Waals surface area contributed by atoms with E-state index in [0.717, 1.165) is 45.8 Å². The second kappa shape index (κ2) is 7.33. The molecule has 1 N–H and O–H groups in total. The first-order valence-corrected chi connectivity index (χ1v) is 10.3. The molecule has 1 aliphatic heterocycles. The van der Waals surface area contributed by atoms with Gasteiger partial charge in [-0.3, -0.25) is 4.79 Å². The van der Waals surface area contributed by atoms with E-state index < -0.39 is 0 Å². The number of nitrogens with zero attached hydrogens (tertiary/aromatic N) is 1. The molecule has 6 heteroatoms. The van der Waals surface area contributed by atoms with Crippen molar-refractivity contribution in [2.45, 2.75) is 31.6 Å². The van der Waals surface area contributed by atoms with E-state index in [1.165, 1.54) is 0 Å². The number of halogens is 1. The third-order valence-corrected chi connectivity index (χ3v) is 6.30. The van der Waals surface area contributed by atoms with Crippen LogP contribution in [-0.2, 0) is 4.79 Å². The highest BCUT2D eigenvalue weighted by Crippen LogP contribution is 2.49. The topological polar surface area (TPSA) is 64.4 Å². The van der Waals surface area contributed by atoms with Gasteiger partial charge in [-0.05, 0) is 54.7 Å².